The average molecular weight is 379 g/mol. The molecule has 1 aliphatic rings. The van der Waals surface area contributed by atoms with Gasteiger partial charge in [0.05, 0.1) is 18.8 Å². The van der Waals surface area contributed by atoms with Gasteiger partial charge in [-0.2, -0.15) is 0 Å². The second-order valence-corrected chi connectivity index (χ2v) is 6.13. The summed E-state index contributed by atoms with van der Waals surface area (Å²) in [4.78, 5) is 30.9. The van der Waals surface area contributed by atoms with E-state index in [1.165, 1.54) is 6.39 Å². The molecule has 140 valence electrons. The standard InChI is InChI=1S/C18H22N4O3.ClH/c1-12(19-2)17(23)21-15-8-7-13-5-3-4-6-16(13)22(18(15)24)10-14-9-20-11-25-14;/h3-6,9,11-12,15,19H,7-8,10H2,1-2H3,(H,21,23);1H. The Labute approximate surface area is 158 Å². The lowest BCUT2D eigenvalue weighted by Crippen LogP contribution is -2.52. The number of hydrogen-bond acceptors (Lipinski definition) is 5. The van der Waals surface area contributed by atoms with E-state index in [-0.39, 0.29) is 36.8 Å². The molecule has 26 heavy (non-hydrogen) atoms. The summed E-state index contributed by atoms with van der Waals surface area (Å²) in [6, 6.07) is 6.86. The molecular weight excluding hydrogens is 356 g/mol. The number of likely N-dealkylation sites (N-methyl/N-ethyl adjacent to an activating group) is 1. The molecule has 2 amide bonds. The molecule has 3 rings (SSSR count). The highest BCUT2D eigenvalue weighted by Gasteiger charge is 2.32. The number of benzene rings is 1. The van der Waals surface area contributed by atoms with Gasteiger partial charge in [-0.15, -0.1) is 12.4 Å². The molecule has 0 aliphatic carbocycles. The van der Waals surface area contributed by atoms with Crippen molar-refractivity contribution in [2.75, 3.05) is 11.9 Å². The molecule has 0 saturated heterocycles. The van der Waals surface area contributed by atoms with E-state index in [0.717, 1.165) is 11.3 Å². The normalized spacial score (nSPS) is 17.7. The number of rotatable bonds is 5. The maximum absolute atomic E-state index is 13.1. The maximum Gasteiger partial charge on any atom is 0.249 e. The summed E-state index contributed by atoms with van der Waals surface area (Å²) in [6.45, 7) is 2.04. The quantitative estimate of drug-likeness (QED) is 0.826. The van der Waals surface area contributed by atoms with E-state index in [1.807, 2.05) is 24.3 Å². The number of carbonyl (C=O) groups excluding carboxylic acids is 2. The Hall–Kier alpha value is -2.38. The van der Waals surface area contributed by atoms with Gasteiger partial charge in [0.15, 0.2) is 6.39 Å². The predicted molar refractivity (Wildman–Crippen MR) is 100 cm³/mol. The highest BCUT2D eigenvalue weighted by Crippen LogP contribution is 2.28. The van der Waals surface area contributed by atoms with Gasteiger partial charge in [-0.25, -0.2) is 4.98 Å². The zero-order chi connectivity index (χ0) is 17.8. The van der Waals surface area contributed by atoms with E-state index in [4.69, 9.17) is 4.42 Å². The highest BCUT2D eigenvalue weighted by atomic mass is 35.5. The molecule has 2 atom stereocenters. The molecule has 8 heteroatoms. The first kappa shape index (κ1) is 19.9. The largest absolute Gasteiger partial charge is 0.447 e. The number of amides is 2. The average Bonchev–Trinajstić information content (AvgIpc) is 3.11. The lowest BCUT2D eigenvalue weighted by atomic mass is 10.1. The molecule has 0 spiro atoms. The van der Waals surface area contributed by atoms with Gasteiger partial charge in [-0.05, 0) is 38.4 Å². The number of nitrogens with zero attached hydrogens (tertiary/aromatic N) is 2. The van der Waals surface area contributed by atoms with Gasteiger partial charge in [0.1, 0.15) is 11.8 Å². The summed E-state index contributed by atoms with van der Waals surface area (Å²) < 4.78 is 5.31. The Morgan fingerprint density at radius 1 is 1.42 bits per heavy atom. The van der Waals surface area contributed by atoms with Crippen LogP contribution in [0.2, 0.25) is 0 Å². The third kappa shape index (κ3) is 4.23. The molecule has 0 saturated carbocycles. The fourth-order valence-electron chi connectivity index (χ4n) is 2.92. The van der Waals surface area contributed by atoms with Crippen molar-refractivity contribution >= 4 is 29.9 Å². The predicted octanol–water partition coefficient (Wildman–Crippen LogP) is 1.67. The van der Waals surface area contributed by atoms with Crippen LogP contribution in [0.25, 0.3) is 0 Å². The molecular formula is C18H23ClN4O3. The molecule has 0 fully saturated rings. The molecule has 2 N–H and O–H groups in total. The minimum Gasteiger partial charge on any atom is -0.447 e. The van der Waals surface area contributed by atoms with E-state index >= 15 is 0 Å². The summed E-state index contributed by atoms with van der Waals surface area (Å²) in [6.07, 6.45) is 4.22. The van der Waals surface area contributed by atoms with Gasteiger partial charge in [-0.3, -0.25) is 9.59 Å². The fourth-order valence-corrected chi connectivity index (χ4v) is 2.92. The van der Waals surface area contributed by atoms with E-state index < -0.39 is 6.04 Å². The number of anilines is 1. The molecule has 2 unspecified atom stereocenters. The smallest absolute Gasteiger partial charge is 0.249 e. The Kier molecular flexibility index (Phi) is 6.76. The minimum atomic E-state index is -0.571. The number of fused-ring (bicyclic) bond motifs is 1. The number of aryl methyl sites for hydroxylation is 1. The summed E-state index contributed by atoms with van der Waals surface area (Å²) in [5, 5.41) is 5.75. The Morgan fingerprint density at radius 3 is 2.88 bits per heavy atom. The van der Waals surface area contributed by atoms with Crippen molar-refractivity contribution in [1.82, 2.24) is 15.6 Å². The Morgan fingerprint density at radius 2 is 2.19 bits per heavy atom. The van der Waals surface area contributed by atoms with Crippen molar-refractivity contribution in [3.8, 4) is 0 Å². The first-order chi connectivity index (χ1) is 12.1. The van der Waals surface area contributed by atoms with Crippen molar-refractivity contribution in [3.63, 3.8) is 0 Å². The zero-order valence-electron chi connectivity index (χ0n) is 14.8. The van der Waals surface area contributed by atoms with E-state index in [9.17, 15) is 9.59 Å². The first-order valence-electron chi connectivity index (χ1n) is 8.34. The van der Waals surface area contributed by atoms with Crippen molar-refractivity contribution in [1.29, 1.82) is 0 Å². The van der Waals surface area contributed by atoms with Gasteiger partial charge >= 0.3 is 0 Å². The lowest BCUT2D eigenvalue weighted by Gasteiger charge is -2.26. The van der Waals surface area contributed by atoms with Crippen molar-refractivity contribution in [2.45, 2.75) is 38.4 Å². The van der Waals surface area contributed by atoms with Gasteiger partial charge in [0.2, 0.25) is 11.8 Å². The van der Waals surface area contributed by atoms with Crippen LogP contribution in [0, 0.1) is 0 Å². The topological polar surface area (TPSA) is 87.5 Å². The minimum absolute atomic E-state index is 0. The van der Waals surface area contributed by atoms with Crippen LogP contribution in [-0.2, 0) is 22.6 Å². The monoisotopic (exact) mass is 378 g/mol. The number of oxazole rings is 1. The number of aromatic nitrogens is 1. The van der Waals surface area contributed by atoms with Gasteiger partial charge in [0.25, 0.3) is 0 Å². The molecule has 0 radical (unpaired) electrons. The zero-order valence-corrected chi connectivity index (χ0v) is 15.6. The number of para-hydroxylation sites is 1. The first-order valence-corrected chi connectivity index (χ1v) is 8.34. The fraction of sp³-hybridized carbons (Fsp3) is 0.389. The third-order valence-corrected chi connectivity index (χ3v) is 4.49. The van der Waals surface area contributed by atoms with Crippen LogP contribution in [0.1, 0.15) is 24.7 Å². The molecule has 0 bridgehead atoms. The van der Waals surface area contributed by atoms with Gasteiger partial charge < -0.3 is 20.0 Å². The molecule has 1 aromatic carbocycles. The maximum atomic E-state index is 13.1. The third-order valence-electron chi connectivity index (χ3n) is 4.49. The van der Waals surface area contributed by atoms with Crippen molar-refractivity contribution in [2.24, 2.45) is 0 Å². The van der Waals surface area contributed by atoms with E-state index in [2.05, 4.69) is 15.6 Å². The summed E-state index contributed by atoms with van der Waals surface area (Å²) in [5.74, 6) is 0.267. The van der Waals surface area contributed by atoms with Crippen LogP contribution in [0.4, 0.5) is 5.69 Å². The van der Waals surface area contributed by atoms with Gasteiger partial charge in [-0.1, -0.05) is 18.2 Å². The SMILES string of the molecule is CNC(C)C(=O)NC1CCc2ccccc2N(Cc2cnco2)C1=O.Cl. The van der Waals surface area contributed by atoms with Gasteiger partial charge in [0, 0.05) is 5.69 Å². The molecule has 1 aliphatic heterocycles. The second kappa shape index (κ2) is 8.82. The number of nitrogens with one attached hydrogen (secondary N) is 2. The lowest BCUT2D eigenvalue weighted by molar-refractivity contribution is -0.128. The van der Waals surface area contributed by atoms with E-state index in [1.54, 1.807) is 25.1 Å². The van der Waals surface area contributed by atoms with E-state index in [0.29, 0.717) is 18.6 Å². The number of hydrogen-bond donors (Lipinski definition) is 2. The molecule has 1 aromatic heterocycles. The van der Waals surface area contributed by atoms with Crippen LogP contribution in [0.15, 0.2) is 41.3 Å². The summed E-state index contributed by atoms with van der Waals surface area (Å²) in [5.41, 5.74) is 1.93. The molecule has 2 heterocycles. The summed E-state index contributed by atoms with van der Waals surface area (Å²) in [7, 11) is 1.71. The van der Waals surface area contributed by atoms with Crippen molar-refractivity contribution in [3.05, 3.63) is 48.2 Å². The second-order valence-electron chi connectivity index (χ2n) is 6.13. The molecule has 2 aromatic rings. The van der Waals surface area contributed by atoms with Crippen LogP contribution in [0.5, 0.6) is 0 Å². The van der Waals surface area contributed by atoms with Crippen LogP contribution in [0.3, 0.4) is 0 Å². The Balaban J connectivity index is 0.00000243. The summed E-state index contributed by atoms with van der Waals surface area (Å²) >= 11 is 0. The van der Waals surface area contributed by atoms with Crippen LogP contribution < -0.4 is 15.5 Å². The van der Waals surface area contributed by atoms with Crippen LogP contribution >= 0.6 is 12.4 Å². The number of halogens is 1. The van der Waals surface area contributed by atoms with Crippen LogP contribution in [-0.4, -0.2) is 35.9 Å². The Bertz CT molecular complexity index is 751. The van der Waals surface area contributed by atoms with Crippen molar-refractivity contribution < 1.29 is 14.0 Å². The molecule has 7 nitrogen and oxygen atoms in total. The highest BCUT2D eigenvalue weighted by molar-refractivity contribution is 6.00. The number of carbonyl (C=O) groups is 2.